The number of carbonyl (C=O) groups excluding carboxylic acids is 1. The van der Waals surface area contributed by atoms with E-state index < -0.39 is 0 Å². The number of hydrogen-bond acceptors (Lipinski definition) is 3. The van der Waals surface area contributed by atoms with E-state index in [9.17, 15) is 4.79 Å². The monoisotopic (exact) mass is 185 g/mol. The zero-order valence-corrected chi connectivity index (χ0v) is 8.45. The summed E-state index contributed by atoms with van der Waals surface area (Å²) in [6.45, 7) is 4.31. The Hall–Kier alpha value is -0.570. The molecule has 0 bridgehead atoms. The molecule has 3 heteroatoms. The Morgan fingerprint density at radius 3 is 2.77 bits per heavy atom. The van der Waals surface area contributed by atoms with Crippen molar-refractivity contribution in [3.8, 4) is 0 Å². The second-order valence-corrected chi connectivity index (χ2v) is 3.93. The van der Waals surface area contributed by atoms with Gasteiger partial charge < -0.3 is 10.5 Å². The summed E-state index contributed by atoms with van der Waals surface area (Å²) < 4.78 is 5.24. The first-order valence-electron chi connectivity index (χ1n) is 5.02. The topological polar surface area (TPSA) is 52.3 Å². The molecule has 2 N–H and O–H groups in total. The van der Waals surface area contributed by atoms with Gasteiger partial charge in [-0.05, 0) is 37.6 Å². The molecule has 0 heterocycles. The number of ether oxygens (including phenoxy) is 1. The van der Waals surface area contributed by atoms with Crippen LogP contribution in [-0.4, -0.2) is 18.6 Å². The highest BCUT2D eigenvalue weighted by molar-refractivity contribution is 5.66. The standard InChI is InChI=1S/C10H19NO2/c1-7-9(6-11)4-3-5-10(7)13-8(2)12/h7,9-10H,3-6,11H2,1-2H3/t7-,9-,10+/m1/s1. The normalized spacial score (nSPS) is 34.2. The van der Waals surface area contributed by atoms with Crippen LogP contribution < -0.4 is 5.73 Å². The molecule has 0 aromatic heterocycles. The van der Waals surface area contributed by atoms with Crippen molar-refractivity contribution in [2.75, 3.05) is 6.54 Å². The molecular weight excluding hydrogens is 166 g/mol. The lowest BCUT2D eigenvalue weighted by Gasteiger charge is -2.34. The van der Waals surface area contributed by atoms with Gasteiger partial charge in [0, 0.05) is 6.92 Å². The molecule has 1 aliphatic carbocycles. The van der Waals surface area contributed by atoms with E-state index in [0.29, 0.717) is 18.4 Å². The number of rotatable bonds is 2. The first kappa shape index (κ1) is 10.5. The molecule has 1 saturated carbocycles. The SMILES string of the molecule is CC(=O)O[C@H]1CCC[C@H](CN)[C@H]1C. The van der Waals surface area contributed by atoms with Gasteiger partial charge in [0.1, 0.15) is 6.10 Å². The van der Waals surface area contributed by atoms with Gasteiger partial charge in [-0.25, -0.2) is 0 Å². The van der Waals surface area contributed by atoms with Crippen molar-refractivity contribution in [1.29, 1.82) is 0 Å². The summed E-state index contributed by atoms with van der Waals surface area (Å²) in [4.78, 5) is 10.8. The third-order valence-electron chi connectivity index (χ3n) is 3.01. The van der Waals surface area contributed by atoms with E-state index in [-0.39, 0.29) is 12.1 Å². The van der Waals surface area contributed by atoms with Crippen LogP contribution in [0.15, 0.2) is 0 Å². The maximum absolute atomic E-state index is 10.8. The molecule has 0 aromatic carbocycles. The van der Waals surface area contributed by atoms with Crippen molar-refractivity contribution < 1.29 is 9.53 Å². The molecule has 3 atom stereocenters. The van der Waals surface area contributed by atoms with E-state index in [1.54, 1.807) is 0 Å². The number of carbonyl (C=O) groups is 1. The minimum absolute atomic E-state index is 0.0970. The molecule has 0 radical (unpaired) electrons. The Balaban J connectivity index is 2.49. The molecule has 3 nitrogen and oxygen atoms in total. The van der Waals surface area contributed by atoms with E-state index in [4.69, 9.17) is 10.5 Å². The maximum Gasteiger partial charge on any atom is 0.302 e. The van der Waals surface area contributed by atoms with E-state index in [1.807, 2.05) is 0 Å². The van der Waals surface area contributed by atoms with Gasteiger partial charge >= 0.3 is 5.97 Å². The van der Waals surface area contributed by atoms with Crippen LogP contribution in [0.25, 0.3) is 0 Å². The van der Waals surface area contributed by atoms with Crippen LogP contribution in [0, 0.1) is 11.8 Å². The van der Waals surface area contributed by atoms with Crippen LogP contribution in [0.3, 0.4) is 0 Å². The third-order valence-corrected chi connectivity index (χ3v) is 3.01. The van der Waals surface area contributed by atoms with Gasteiger partial charge in [-0.1, -0.05) is 6.92 Å². The van der Waals surface area contributed by atoms with Crippen LogP contribution in [0.1, 0.15) is 33.1 Å². The molecule has 0 saturated heterocycles. The second kappa shape index (κ2) is 4.61. The van der Waals surface area contributed by atoms with Crippen molar-refractivity contribution in [2.24, 2.45) is 17.6 Å². The number of esters is 1. The fraction of sp³-hybridized carbons (Fsp3) is 0.900. The van der Waals surface area contributed by atoms with E-state index in [0.717, 1.165) is 12.8 Å². The summed E-state index contributed by atoms with van der Waals surface area (Å²) in [7, 11) is 0. The van der Waals surface area contributed by atoms with Crippen LogP contribution in [0.2, 0.25) is 0 Å². The average molecular weight is 185 g/mol. The Kier molecular flexibility index (Phi) is 3.72. The van der Waals surface area contributed by atoms with Crippen LogP contribution in [-0.2, 0) is 9.53 Å². The summed E-state index contributed by atoms with van der Waals surface area (Å²) >= 11 is 0. The van der Waals surface area contributed by atoms with E-state index >= 15 is 0 Å². The molecule has 0 aromatic rings. The second-order valence-electron chi connectivity index (χ2n) is 3.93. The Morgan fingerprint density at radius 2 is 2.23 bits per heavy atom. The molecule has 0 aliphatic heterocycles. The molecular formula is C10H19NO2. The zero-order valence-electron chi connectivity index (χ0n) is 8.45. The summed E-state index contributed by atoms with van der Waals surface area (Å²) in [6, 6.07) is 0. The minimum Gasteiger partial charge on any atom is -0.462 e. The van der Waals surface area contributed by atoms with Crippen LogP contribution >= 0.6 is 0 Å². The molecule has 0 unspecified atom stereocenters. The number of hydrogen-bond donors (Lipinski definition) is 1. The van der Waals surface area contributed by atoms with Crippen LogP contribution in [0.4, 0.5) is 0 Å². The largest absolute Gasteiger partial charge is 0.462 e. The fourth-order valence-corrected chi connectivity index (χ4v) is 2.12. The Bertz CT molecular complexity index is 182. The molecule has 1 rings (SSSR count). The molecule has 0 amide bonds. The van der Waals surface area contributed by atoms with E-state index in [2.05, 4.69) is 6.92 Å². The third kappa shape index (κ3) is 2.69. The molecule has 0 spiro atoms. The zero-order chi connectivity index (χ0) is 9.84. The highest BCUT2D eigenvalue weighted by Crippen LogP contribution is 2.31. The van der Waals surface area contributed by atoms with Gasteiger partial charge in [0.2, 0.25) is 0 Å². The summed E-state index contributed by atoms with van der Waals surface area (Å²) in [6.07, 6.45) is 3.40. The fourth-order valence-electron chi connectivity index (χ4n) is 2.12. The van der Waals surface area contributed by atoms with Gasteiger partial charge in [-0.15, -0.1) is 0 Å². The van der Waals surface area contributed by atoms with E-state index in [1.165, 1.54) is 13.3 Å². The first-order valence-corrected chi connectivity index (χ1v) is 5.02. The molecule has 76 valence electrons. The molecule has 13 heavy (non-hydrogen) atoms. The van der Waals surface area contributed by atoms with Crippen molar-refractivity contribution in [3.63, 3.8) is 0 Å². The predicted molar refractivity (Wildman–Crippen MR) is 51.1 cm³/mol. The summed E-state index contributed by atoms with van der Waals surface area (Å²) in [5, 5.41) is 0. The molecule has 1 aliphatic rings. The lowest BCUT2D eigenvalue weighted by atomic mass is 9.78. The summed E-state index contributed by atoms with van der Waals surface area (Å²) in [5.74, 6) is 0.773. The van der Waals surface area contributed by atoms with Gasteiger partial charge in [0.25, 0.3) is 0 Å². The first-order chi connectivity index (χ1) is 6.15. The smallest absolute Gasteiger partial charge is 0.302 e. The van der Waals surface area contributed by atoms with Crippen molar-refractivity contribution >= 4 is 5.97 Å². The summed E-state index contributed by atoms with van der Waals surface area (Å²) in [5.41, 5.74) is 5.65. The van der Waals surface area contributed by atoms with Crippen molar-refractivity contribution in [2.45, 2.75) is 39.2 Å². The highest BCUT2D eigenvalue weighted by Gasteiger charge is 2.30. The van der Waals surface area contributed by atoms with Crippen molar-refractivity contribution in [3.05, 3.63) is 0 Å². The average Bonchev–Trinajstić information content (AvgIpc) is 2.08. The van der Waals surface area contributed by atoms with Gasteiger partial charge in [-0.3, -0.25) is 4.79 Å². The lowest BCUT2D eigenvalue weighted by Crippen LogP contribution is -2.37. The molecule has 1 fully saturated rings. The lowest BCUT2D eigenvalue weighted by molar-refractivity contribution is -0.151. The van der Waals surface area contributed by atoms with Gasteiger partial charge in [0.15, 0.2) is 0 Å². The predicted octanol–water partition coefficient (Wildman–Crippen LogP) is 1.31. The highest BCUT2D eigenvalue weighted by atomic mass is 16.5. The minimum atomic E-state index is -0.172. The van der Waals surface area contributed by atoms with Gasteiger partial charge in [0.05, 0.1) is 0 Å². The Morgan fingerprint density at radius 1 is 1.54 bits per heavy atom. The Labute approximate surface area is 79.6 Å². The quantitative estimate of drug-likeness (QED) is 0.660. The number of nitrogens with two attached hydrogens (primary N) is 1. The van der Waals surface area contributed by atoms with Gasteiger partial charge in [-0.2, -0.15) is 0 Å². The van der Waals surface area contributed by atoms with Crippen molar-refractivity contribution in [1.82, 2.24) is 0 Å². The maximum atomic E-state index is 10.8. The van der Waals surface area contributed by atoms with Crippen LogP contribution in [0.5, 0.6) is 0 Å².